The summed E-state index contributed by atoms with van der Waals surface area (Å²) in [5.41, 5.74) is 4.56. The predicted octanol–water partition coefficient (Wildman–Crippen LogP) is 7.82. The predicted molar refractivity (Wildman–Crippen MR) is 128 cm³/mol. The van der Waals surface area contributed by atoms with Crippen molar-refractivity contribution < 1.29 is 9.53 Å². The molecule has 33 heavy (non-hydrogen) atoms. The molecule has 0 bridgehead atoms. The van der Waals surface area contributed by atoms with Gasteiger partial charge in [0, 0.05) is 0 Å². The summed E-state index contributed by atoms with van der Waals surface area (Å²) in [5.74, 6) is -0.900. The van der Waals surface area contributed by atoms with Gasteiger partial charge in [-0.15, -0.1) is 0 Å². The summed E-state index contributed by atoms with van der Waals surface area (Å²) in [7, 11) is 1.39. The first kappa shape index (κ1) is 21.8. The van der Waals surface area contributed by atoms with Gasteiger partial charge in [0.1, 0.15) is 5.92 Å². The molecule has 0 aliphatic heterocycles. The minimum atomic E-state index is -0.560. The van der Waals surface area contributed by atoms with Gasteiger partial charge < -0.3 is 4.74 Å². The number of carbonyl (C=O) groups excluding carboxylic acids is 1. The summed E-state index contributed by atoms with van der Waals surface area (Å²) in [5, 5.41) is 17.0. The van der Waals surface area contributed by atoms with E-state index >= 15 is 0 Å². The smallest absolute Gasteiger partial charge is 0.317 e. The third kappa shape index (κ3) is 5.83. The Morgan fingerprint density at radius 3 is 1.21 bits per heavy atom. The van der Waals surface area contributed by atoms with Gasteiger partial charge in [0.05, 0.1) is 29.9 Å². The van der Waals surface area contributed by atoms with Crippen molar-refractivity contribution in [1.82, 2.24) is 0 Å². The molecule has 0 heterocycles. The van der Waals surface area contributed by atoms with Crippen LogP contribution in [0.2, 0.25) is 0 Å². The van der Waals surface area contributed by atoms with E-state index in [4.69, 9.17) is 4.74 Å². The van der Waals surface area contributed by atoms with Gasteiger partial charge in [-0.05, 0) is 59.7 Å². The quantitative estimate of drug-likeness (QED) is 0.220. The lowest BCUT2D eigenvalue weighted by molar-refractivity contribution is -0.141. The topological polar surface area (TPSA) is 75.7 Å². The summed E-state index contributed by atoms with van der Waals surface area (Å²) in [6, 6.07) is 33.8. The van der Waals surface area contributed by atoms with E-state index in [2.05, 4.69) is 20.5 Å². The van der Waals surface area contributed by atoms with Crippen molar-refractivity contribution in [2.45, 2.75) is 5.92 Å². The van der Waals surface area contributed by atoms with E-state index in [1.165, 1.54) is 7.11 Å². The maximum Gasteiger partial charge on any atom is 0.317 e. The number of ether oxygens (including phenoxy) is 1. The van der Waals surface area contributed by atoms with E-state index in [0.29, 0.717) is 11.4 Å². The summed E-state index contributed by atoms with van der Waals surface area (Å²) >= 11 is 0. The molecule has 0 atom stereocenters. The molecule has 4 aromatic rings. The van der Waals surface area contributed by atoms with Gasteiger partial charge in [0.2, 0.25) is 0 Å². The van der Waals surface area contributed by atoms with E-state index in [-0.39, 0.29) is 5.97 Å². The van der Waals surface area contributed by atoms with Crippen LogP contribution < -0.4 is 0 Å². The lowest BCUT2D eigenvalue weighted by atomic mass is 9.91. The average Bonchev–Trinajstić information content (AvgIpc) is 2.89. The van der Waals surface area contributed by atoms with Crippen LogP contribution in [-0.2, 0) is 9.53 Å². The Bertz CT molecular complexity index is 1140. The SMILES string of the molecule is COC(=O)C(c1ccc(N=Nc2ccccc2)cc1)c1ccc(N=Nc2ccccc2)cc1. The van der Waals surface area contributed by atoms with Gasteiger partial charge in [-0.3, -0.25) is 4.79 Å². The molecule has 0 N–H and O–H groups in total. The number of methoxy groups -OCH3 is 1. The van der Waals surface area contributed by atoms with Crippen LogP contribution in [0.4, 0.5) is 22.7 Å². The van der Waals surface area contributed by atoms with Gasteiger partial charge in [0.25, 0.3) is 0 Å². The van der Waals surface area contributed by atoms with Crippen LogP contribution in [0.3, 0.4) is 0 Å². The molecule has 6 heteroatoms. The first-order chi connectivity index (χ1) is 16.2. The van der Waals surface area contributed by atoms with Crippen LogP contribution in [0, 0.1) is 0 Å². The highest BCUT2D eigenvalue weighted by atomic mass is 16.5. The molecule has 0 aliphatic rings. The minimum Gasteiger partial charge on any atom is -0.468 e. The Balaban J connectivity index is 1.52. The first-order valence-corrected chi connectivity index (χ1v) is 10.4. The lowest BCUT2D eigenvalue weighted by Gasteiger charge is -2.16. The largest absolute Gasteiger partial charge is 0.468 e. The third-order valence-electron chi connectivity index (χ3n) is 4.96. The lowest BCUT2D eigenvalue weighted by Crippen LogP contribution is -2.15. The second-order valence-corrected chi connectivity index (χ2v) is 7.21. The van der Waals surface area contributed by atoms with Crippen molar-refractivity contribution in [3.05, 3.63) is 120 Å². The highest BCUT2D eigenvalue weighted by Crippen LogP contribution is 2.30. The first-order valence-electron chi connectivity index (χ1n) is 10.4. The number of esters is 1. The normalized spacial score (nSPS) is 12.2. The van der Waals surface area contributed by atoms with Gasteiger partial charge in [0.15, 0.2) is 0 Å². The zero-order valence-corrected chi connectivity index (χ0v) is 18.1. The molecule has 4 aromatic carbocycles. The number of carbonyl (C=O) groups is 1. The highest BCUT2D eigenvalue weighted by Gasteiger charge is 2.23. The summed E-state index contributed by atoms with van der Waals surface area (Å²) in [6.45, 7) is 0. The summed E-state index contributed by atoms with van der Waals surface area (Å²) in [4.78, 5) is 12.6. The molecule has 0 radical (unpaired) electrons. The van der Waals surface area contributed by atoms with Crippen molar-refractivity contribution in [3.63, 3.8) is 0 Å². The number of benzene rings is 4. The van der Waals surface area contributed by atoms with E-state index < -0.39 is 5.92 Å². The molecule has 6 nitrogen and oxygen atoms in total. The molecule has 0 saturated heterocycles. The van der Waals surface area contributed by atoms with Crippen LogP contribution in [0.1, 0.15) is 17.0 Å². The maximum atomic E-state index is 12.6. The van der Waals surface area contributed by atoms with Crippen LogP contribution in [-0.4, -0.2) is 13.1 Å². The molecule has 0 aromatic heterocycles. The Morgan fingerprint density at radius 2 is 0.879 bits per heavy atom. The highest BCUT2D eigenvalue weighted by molar-refractivity contribution is 5.82. The van der Waals surface area contributed by atoms with Crippen molar-refractivity contribution >= 4 is 28.7 Å². The second kappa shape index (κ2) is 10.7. The van der Waals surface area contributed by atoms with Crippen LogP contribution in [0.25, 0.3) is 0 Å². The molecule has 0 fully saturated rings. The van der Waals surface area contributed by atoms with Crippen molar-refractivity contribution in [1.29, 1.82) is 0 Å². The Labute approximate surface area is 192 Å². The van der Waals surface area contributed by atoms with E-state index in [1.54, 1.807) is 0 Å². The number of hydrogen-bond donors (Lipinski definition) is 0. The van der Waals surface area contributed by atoms with E-state index in [9.17, 15) is 4.79 Å². The minimum absolute atomic E-state index is 0.340. The van der Waals surface area contributed by atoms with Crippen molar-refractivity contribution in [2.24, 2.45) is 20.5 Å². The van der Waals surface area contributed by atoms with Crippen LogP contribution in [0.5, 0.6) is 0 Å². The van der Waals surface area contributed by atoms with E-state index in [0.717, 1.165) is 22.5 Å². The molecule has 0 unspecified atom stereocenters. The molecule has 4 rings (SSSR count). The third-order valence-corrected chi connectivity index (χ3v) is 4.96. The number of nitrogens with zero attached hydrogens (tertiary/aromatic N) is 4. The zero-order valence-electron chi connectivity index (χ0n) is 18.1. The number of hydrogen-bond acceptors (Lipinski definition) is 6. The molecule has 0 saturated carbocycles. The zero-order chi connectivity index (χ0) is 22.9. The second-order valence-electron chi connectivity index (χ2n) is 7.21. The fourth-order valence-electron chi connectivity index (χ4n) is 3.27. The fraction of sp³-hybridized carbons (Fsp3) is 0.0741. The molecular weight excluding hydrogens is 412 g/mol. The molecular formula is C27H22N4O2. The monoisotopic (exact) mass is 434 g/mol. The number of rotatable bonds is 7. The summed E-state index contributed by atoms with van der Waals surface area (Å²) in [6.07, 6.45) is 0. The molecule has 162 valence electrons. The molecule has 0 spiro atoms. The van der Waals surface area contributed by atoms with Crippen LogP contribution in [0.15, 0.2) is 130 Å². The standard InChI is InChI=1S/C27H22N4O2/c1-33-27(32)26(20-12-16-24(17-13-20)30-28-22-8-4-2-5-9-22)21-14-18-25(19-15-21)31-29-23-10-6-3-7-11-23/h2-19,26H,1H3. The van der Waals surface area contributed by atoms with Crippen molar-refractivity contribution in [3.8, 4) is 0 Å². The Kier molecular flexibility index (Phi) is 7.08. The average molecular weight is 434 g/mol. The fourth-order valence-corrected chi connectivity index (χ4v) is 3.27. The van der Waals surface area contributed by atoms with Crippen LogP contribution >= 0.6 is 0 Å². The van der Waals surface area contributed by atoms with Gasteiger partial charge in [-0.2, -0.15) is 20.5 Å². The summed E-state index contributed by atoms with van der Waals surface area (Å²) < 4.78 is 5.07. The van der Waals surface area contributed by atoms with Gasteiger partial charge in [-0.1, -0.05) is 60.7 Å². The Hall–Kier alpha value is -4.45. The van der Waals surface area contributed by atoms with Gasteiger partial charge in [-0.25, -0.2) is 0 Å². The van der Waals surface area contributed by atoms with Crippen molar-refractivity contribution in [2.75, 3.05) is 7.11 Å². The van der Waals surface area contributed by atoms with Gasteiger partial charge >= 0.3 is 5.97 Å². The molecule has 0 aliphatic carbocycles. The van der Waals surface area contributed by atoms with E-state index in [1.807, 2.05) is 109 Å². The number of azo groups is 2. The molecule has 0 amide bonds. The Morgan fingerprint density at radius 1 is 0.545 bits per heavy atom. The maximum absolute atomic E-state index is 12.6.